The average molecular weight is 943 g/mol. The number of carbonyl (C=O) groups excluding carboxylic acids is 4. The summed E-state index contributed by atoms with van der Waals surface area (Å²) in [5, 5.41) is 0. The second-order valence-electron chi connectivity index (χ2n) is 18.8. The lowest BCUT2D eigenvalue weighted by Crippen LogP contribution is -2.61. The molecule has 67 heavy (non-hydrogen) atoms. The number of Topliss-reactive ketones (excluding diaryl/α,β-unsaturated/α-hetero) is 1. The van der Waals surface area contributed by atoms with Crippen molar-refractivity contribution in [1.82, 2.24) is 0 Å². The van der Waals surface area contributed by atoms with Crippen LogP contribution in [0.1, 0.15) is 77.8 Å². The van der Waals surface area contributed by atoms with Crippen LogP contribution < -0.4 is 0 Å². The minimum absolute atomic E-state index is 0.0135. The second-order valence-corrected chi connectivity index (χ2v) is 18.8. The Labute approximate surface area is 385 Å². The van der Waals surface area contributed by atoms with Crippen LogP contribution in [0.3, 0.4) is 0 Å². The summed E-state index contributed by atoms with van der Waals surface area (Å²) in [6.07, 6.45) is -3.80. The fraction of sp³-hybridized carbons (Fsp3) is 0.529. The van der Waals surface area contributed by atoms with Gasteiger partial charge >= 0.3 is 30.3 Å². The van der Waals surface area contributed by atoms with Crippen LogP contribution in [0.2, 0.25) is 0 Å². The number of fused-ring (bicyclic) bond motifs is 3. The normalized spacial score (nSPS) is 34.1. The number of hydrogen-bond acceptors (Lipinski definition) is 10. The van der Waals surface area contributed by atoms with Crippen LogP contribution >= 0.6 is 0 Å². The van der Waals surface area contributed by atoms with Gasteiger partial charge < -0.3 is 28.4 Å². The number of rotatable bonds is 10. The van der Waals surface area contributed by atoms with Crippen LogP contribution in [0.4, 0.5) is 26.3 Å². The fourth-order valence-corrected chi connectivity index (χ4v) is 11.8. The van der Waals surface area contributed by atoms with Gasteiger partial charge in [-0.2, -0.15) is 26.3 Å². The van der Waals surface area contributed by atoms with E-state index in [9.17, 15) is 14.4 Å². The van der Waals surface area contributed by atoms with E-state index in [0.29, 0.717) is 33.5 Å². The smallest absolute Gasteiger partial charge is 0.432 e. The number of halogens is 6. The lowest BCUT2D eigenvalue weighted by molar-refractivity contribution is -0.284. The Bertz CT molecular complexity index is 2380. The Morgan fingerprint density at radius 3 is 1.87 bits per heavy atom. The van der Waals surface area contributed by atoms with Crippen LogP contribution in [0.15, 0.2) is 108 Å². The molecule has 362 valence electrons. The monoisotopic (exact) mass is 942 g/mol. The van der Waals surface area contributed by atoms with Crippen molar-refractivity contribution >= 4 is 23.7 Å². The van der Waals surface area contributed by atoms with Gasteiger partial charge in [-0.3, -0.25) is 4.79 Å². The first-order valence-corrected chi connectivity index (χ1v) is 22.4. The van der Waals surface area contributed by atoms with Gasteiger partial charge in [0.25, 0.3) is 11.2 Å². The number of hydrogen-bond donors (Lipinski definition) is 0. The molecule has 1 saturated carbocycles. The Kier molecular flexibility index (Phi) is 13.1. The minimum Gasteiger partial charge on any atom is -0.496 e. The first-order chi connectivity index (χ1) is 31.5. The van der Waals surface area contributed by atoms with Gasteiger partial charge in [0.05, 0.1) is 7.11 Å². The van der Waals surface area contributed by atoms with Crippen molar-refractivity contribution in [2.45, 2.75) is 108 Å². The number of ether oxygens (including phenoxy) is 6. The zero-order valence-electron chi connectivity index (χ0n) is 38.6. The molecule has 0 aromatic heterocycles. The molecule has 2 bridgehead atoms. The average Bonchev–Trinajstić information content (AvgIpc) is 3.57. The number of esters is 3. The molecule has 7 rings (SSSR count). The first-order valence-electron chi connectivity index (χ1n) is 22.4. The van der Waals surface area contributed by atoms with Crippen molar-refractivity contribution < 1.29 is 73.9 Å². The molecule has 1 heterocycles. The van der Waals surface area contributed by atoms with Gasteiger partial charge in [0, 0.05) is 54.4 Å². The first kappa shape index (κ1) is 49.7. The van der Waals surface area contributed by atoms with Crippen LogP contribution in [0.25, 0.3) is 0 Å². The molecule has 0 amide bonds. The Balaban J connectivity index is 1.42. The largest absolute Gasteiger partial charge is 0.496 e. The Hall–Kier alpha value is -5.22. The standard InChI is InChI=1S/C51H56F6O10/c1-9-31-28-47-41(62-6)38(42(59)67-47)40(58)46(5)32(18-16-17-25-45(47,4)27-29(31)2)23-24-35-36(46)26-37(65-43(60)48(63-7,50(52,53)54)33-19-12-10-13-20-33)30(3)39(35)66-44(61)49(64-8,51(55,56)57)34-21-14-11-15-22-34/h10-17,19-24,27,30-32,35-37,39H,9,18,25-26,28H2,1-8H3/b17-16+/t30-,31+,32+,35-,36+,37-,39-,45+,46+,47+,48+,49+/m0/s1. The Morgan fingerprint density at radius 1 is 0.806 bits per heavy atom. The molecule has 16 heteroatoms. The SMILES string of the molecule is CC[C@@H]1C[C@@]23OC(=O)C(=C2OC)C(=O)[C@@]2(C)[C@@H]4C[C@H](OC(=O)[C@](OC)(c5ccccc5)C(F)(F)F)[C@H](C)[C@H](OC(=O)[C@](OC)(c5ccccc5)C(F)(F)F)[C@H]4C=C[C@H]2C/C=C/C[C@]3(C)C=C1C. The summed E-state index contributed by atoms with van der Waals surface area (Å²) in [5.74, 6) is -9.94. The highest BCUT2D eigenvalue weighted by molar-refractivity contribution is 6.21. The lowest BCUT2D eigenvalue weighted by atomic mass is 9.51. The molecular weight excluding hydrogens is 887 g/mol. The number of ketones is 1. The number of benzene rings is 2. The number of methoxy groups -OCH3 is 3. The van der Waals surface area contributed by atoms with Crippen molar-refractivity contribution in [2.75, 3.05) is 21.3 Å². The molecule has 1 spiro atoms. The maximum atomic E-state index is 15.8. The maximum Gasteiger partial charge on any atom is 0.432 e. The molecule has 12 atom stereocenters. The molecule has 2 aromatic carbocycles. The van der Waals surface area contributed by atoms with Gasteiger partial charge in [0.1, 0.15) is 17.8 Å². The summed E-state index contributed by atoms with van der Waals surface area (Å²) >= 11 is 0. The van der Waals surface area contributed by atoms with Gasteiger partial charge in [-0.05, 0) is 50.4 Å². The zero-order valence-corrected chi connectivity index (χ0v) is 38.6. The third kappa shape index (κ3) is 7.46. The topological polar surface area (TPSA) is 124 Å². The maximum absolute atomic E-state index is 15.8. The van der Waals surface area contributed by atoms with Gasteiger partial charge in [0.15, 0.2) is 17.1 Å². The molecule has 10 nitrogen and oxygen atoms in total. The highest BCUT2D eigenvalue weighted by atomic mass is 19.4. The minimum atomic E-state index is -5.42. The number of alkyl halides is 6. The number of allylic oxidation sites excluding steroid dienone is 4. The van der Waals surface area contributed by atoms with Crippen LogP contribution in [0, 0.1) is 40.4 Å². The van der Waals surface area contributed by atoms with Crippen LogP contribution in [-0.4, -0.2) is 75.2 Å². The predicted molar refractivity (Wildman–Crippen MR) is 230 cm³/mol. The van der Waals surface area contributed by atoms with E-state index in [4.69, 9.17) is 28.4 Å². The summed E-state index contributed by atoms with van der Waals surface area (Å²) in [5.41, 5.74) is -12.0. The van der Waals surface area contributed by atoms with E-state index in [1.807, 2.05) is 32.9 Å². The van der Waals surface area contributed by atoms with Crippen molar-refractivity contribution in [3.8, 4) is 0 Å². The summed E-state index contributed by atoms with van der Waals surface area (Å²) in [4.78, 5) is 59.2. The molecular formula is C51H56F6O10. The molecule has 2 aromatic rings. The molecule has 0 unspecified atom stereocenters. The fourth-order valence-electron chi connectivity index (χ4n) is 11.8. The molecule has 0 radical (unpaired) electrons. The summed E-state index contributed by atoms with van der Waals surface area (Å²) < 4.78 is 126. The zero-order chi connectivity index (χ0) is 49.1. The van der Waals surface area contributed by atoms with Crippen molar-refractivity contribution in [2.24, 2.45) is 40.4 Å². The van der Waals surface area contributed by atoms with Gasteiger partial charge in [-0.1, -0.05) is 124 Å². The highest BCUT2D eigenvalue weighted by Crippen LogP contribution is 2.61. The molecule has 0 saturated heterocycles. The van der Waals surface area contributed by atoms with Crippen LogP contribution in [0.5, 0.6) is 0 Å². The van der Waals surface area contributed by atoms with Crippen molar-refractivity contribution in [3.05, 3.63) is 119 Å². The molecule has 0 N–H and O–H groups in total. The molecule has 1 aliphatic heterocycles. The van der Waals surface area contributed by atoms with Gasteiger partial charge in [-0.15, -0.1) is 0 Å². The van der Waals surface area contributed by atoms with Gasteiger partial charge in [-0.25, -0.2) is 14.4 Å². The summed E-state index contributed by atoms with van der Waals surface area (Å²) in [7, 11) is 2.72. The summed E-state index contributed by atoms with van der Waals surface area (Å²) in [6.45, 7) is 8.88. The van der Waals surface area contributed by atoms with E-state index in [1.54, 1.807) is 19.1 Å². The predicted octanol–water partition coefficient (Wildman–Crippen LogP) is 9.98. The van der Waals surface area contributed by atoms with E-state index < -0.39 is 111 Å². The highest BCUT2D eigenvalue weighted by Gasteiger charge is 2.69. The third-order valence-corrected chi connectivity index (χ3v) is 15.6. The van der Waals surface area contributed by atoms with E-state index in [1.165, 1.54) is 50.4 Å². The third-order valence-electron chi connectivity index (χ3n) is 15.6. The van der Waals surface area contributed by atoms with Crippen molar-refractivity contribution in [3.63, 3.8) is 0 Å². The van der Waals surface area contributed by atoms with E-state index in [-0.39, 0.29) is 30.1 Å². The van der Waals surface area contributed by atoms with E-state index >= 15 is 31.1 Å². The van der Waals surface area contributed by atoms with Crippen molar-refractivity contribution in [1.29, 1.82) is 0 Å². The quantitative estimate of drug-likeness (QED) is 0.0748. The van der Waals surface area contributed by atoms with Crippen LogP contribution in [-0.2, 0) is 58.8 Å². The molecule has 4 aliphatic carbocycles. The lowest BCUT2D eigenvalue weighted by Gasteiger charge is -2.54. The Morgan fingerprint density at radius 2 is 1.36 bits per heavy atom. The summed E-state index contributed by atoms with van der Waals surface area (Å²) in [6, 6.07) is 12.1. The molecule has 5 aliphatic rings. The molecule has 1 fully saturated rings. The van der Waals surface area contributed by atoms with E-state index in [0.717, 1.165) is 29.8 Å². The van der Waals surface area contributed by atoms with E-state index in [2.05, 4.69) is 6.08 Å². The number of carbonyl (C=O) groups is 4. The van der Waals surface area contributed by atoms with Gasteiger partial charge in [0.2, 0.25) is 0 Å². The second kappa shape index (κ2) is 17.7.